The van der Waals surface area contributed by atoms with Crippen LogP contribution in [0.1, 0.15) is 45.6 Å². The monoisotopic (exact) mass is 249 g/mol. The van der Waals surface area contributed by atoms with Gasteiger partial charge in [0.25, 0.3) is 0 Å². The van der Waals surface area contributed by atoms with Crippen LogP contribution < -0.4 is 5.32 Å². The van der Waals surface area contributed by atoms with Gasteiger partial charge in [0.15, 0.2) is 0 Å². The van der Waals surface area contributed by atoms with E-state index in [9.17, 15) is 4.39 Å². The maximum atomic E-state index is 14.0. The van der Waals surface area contributed by atoms with E-state index in [1.165, 1.54) is 6.42 Å². The largest absolute Gasteiger partial charge is 0.314 e. The quantitative estimate of drug-likeness (QED) is 0.835. The lowest BCUT2D eigenvalue weighted by atomic mass is 9.57. The van der Waals surface area contributed by atoms with Crippen LogP contribution in [0.15, 0.2) is 24.3 Å². The van der Waals surface area contributed by atoms with Gasteiger partial charge >= 0.3 is 0 Å². The van der Waals surface area contributed by atoms with E-state index < -0.39 is 0 Å². The fourth-order valence-electron chi connectivity index (χ4n) is 3.08. The fraction of sp³-hybridized carbons (Fsp3) is 0.625. The first-order chi connectivity index (χ1) is 8.57. The van der Waals surface area contributed by atoms with Gasteiger partial charge in [0.2, 0.25) is 0 Å². The molecule has 1 nitrogen and oxygen atoms in total. The van der Waals surface area contributed by atoms with Crippen molar-refractivity contribution in [3.8, 4) is 0 Å². The van der Waals surface area contributed by atoms with Crippen molar-refractivity contribution in [2.75, 3.05) is 6.54 Å². The first-order valence-electron chi connectivity index (χ1n) is 7.06. The van der Waals surface area contributed by atoms with Crippen LogP contribution in [0, 0.1) is 11.7 Å². The van der Waals surface area contributed by atoms with Gasteiger partial charge in [0.1, 0.15) is 5.82 Å². The van der Waals surface area contributed by atoms with E-state index in [1.54, 1.807) is 12.1 Å². The van der Waals surface area contributed by atoms with Crippen molar-refractivity contribution in [3.63, 3.8) is 0 Å². The number of nitrogens with one attached hydrogen (secondary N) is 1. The molecule has 1 aromatic rings. The highest BCUT2D eigenvalue weighted by Gasteiger charge is 2.45. The first kappa shape index (κ1) is 13.5. The Morgan fingerprint density at radius 3 is 2.56 bits per heavy atom. The van der Waals surface area contributed by atoms with Crippen molar-refractivity contribution in [3.05, 3.63) is 35.6 Å². The Balaban J connectivity index is 2.19. The molecule has 0 unspecified atom stereocenters. The van der Waals surface area contributed by atoms with Gasteiger partial charge in [-0.15, -0.1) is 0 Å². The van der Waals surface area contributed by atoms with Crippen molar-refractivity contribution in [2.24, 2.45) is 5.92 Å². The molecule has 1 saturated carbocycles. The summed E-state index contributed by atoms with van der Waals surface area (Å²) in [5.41, 5.74) is 0.930. The van der Waals surface area contributed by atoms with E-state index >= 15 is 0 Å². The van der Waals surface area contributed by atoms with E-state index in [1.807, 2.05) is 12.1 Å². The Hall–Kier alpha value is -0.890. The molecule has 0 atom stereocenters. The molecule has 0 bridgehead atoms. The zero-order valence-electron chi connectivity index (χ0n) is 11.7. The van der Waals surface area contributed by atoms with Gasteiger partial charge in [-0.2, -0.15) is 0 Å². The molecule has 0 heterocycles. The zero-order valence-corrected chi connectivity index (χ0v) is 11.7. The van der Waals surface area contributed by atoms with Crippen LogP contribution in [0.5, 0.6) is 0 Å². The van der Waals surface area contributed by atoms with E-state index in [0.717, 1.165) is 30.9 Å². The average Bonchev–Trinajstić information content (AvgIpc) is 2.29. The number of hydrogen-bond acceptors (Lipinski definition) is 1. The van der Waals surface area contributed by atoms with Gasteiger partial charge in [-0.05, 0) is 30.4 Å². The second-order valence-electron chi connectivity index (χ2n) is 5.98. The molecule has 0 spiro atoms. The summed E-state index contributed by atoms with van der Waals surface area (Å²) < 4.78 is 14.0. The van der Waals surface area contributed by atoms with Gasteiger partial charge in [-0.1, -0.05) is 45.4 Å². The lowest BCUT2D eigenvalue weighted by Gasteiger charge is -2.49. The lowest BCUT2D eigenvalue weighted by Crippen LogP contribution is -2.50. The number of benzene rings is 1. The Kier molecular flexibility index (Phi) is 4.06. The second-order valence-corrected chi connectivity index (χ2v) is 5.98. The number of rotatable bonds is 5. The predicted molar refractivity (Wildman–Crippen MR) is 74.2 cm³/mol. The molecule has 1 fully saturated rings. The van der Waals surface area contributed by atoms with Crippen LogP contribution in [0.25, 0.3) is 0 Å². The van der Waals surface area contributed by atoms with Crippen LogP contribution in [-0.4, -0.2) is 12.6 Å². The summed E-state index contributed by atoms with van der Waals surface area (Å²) >= 11 is 0. The number of halogens is 1. The molecule has 2 rings (SSSR count). The SMILES string of the molecule is CCC1CC(CNC(C)C)(c2ccccc2F)C1. The van der Waals surface area contributed by atoms with Crippen LogP contribution >= 0.6 is 0 Å². The van der Waals surface area contributed by atoms with Crippen molar-refractivity contribution in [2.45, 2.75) is 51.5 Å². The molecule has 100 valence electrons. The van der Waals surface area contributed by atoms with Gasteiger partial charge < -0.3 is 5.32 Å². The van der Waals surface area contributed by atoms with Crippen LogP contribution in [0.3, 0.4) is 0 Å². The Labute approximate surface area is 110 Å². The Bertz CT molecular complexity index is 394. The minimum Gasteiger partial charge on any atom is -0.314 e. The molecule has 1 aromatic carbocycles. The van der Waals surface area contributed by atoms with Crippen LogP contribution in [0.2, 0.25) is 0 Å². The van der Waals surface area contributed by atoms with E-state index in [2.05, 4.69) is 26.1 Å². The van der Waals surface area contributed by atoms with Crippen LogP contribution in [-0.2, 0) is 5.41 Å². The highest BCUT2D eigenvalue weighted by Crippen LogP contribution is 2.49. The molecule has 0 saturated heterocycles. The van der Waals surface area contributed by atoms with E-state index in [4.69, 9.17) is 0 Å². The van der Waals surface area contributed by atoms with Crippen molar-refractivity contribution >= 4 is 0 Å². The van der Waals surface area contributed by atoms with Gasteiger partial charge in [0.05, 0.1) is 0 Å². The standard InChI is InChI=1S/C16H24FN/c1-4-13-9-16(10-13,11-18-12(2)3)14-7-5-6-8-15(14)17/h5-8,12-13,18H,4,9-11H2,1-3H3. The predicted octanol–water partition coefficient (Wildman–Crippen LogP) is 3.88. The second kappa shape index (κ2) is 5.40. The fourth-order valence-corrected chi connectivity index (χ4v) is 3.08. The Morgan fingerprint density at radius 1 is 1.33 bits per heavy atom. The Morgan fingerprint density at radius 2 is 2.00 bits per heavy atom. The molecule has 0 aromatic heterocycles. The summed E-state index contributed by atoms with van der Waals surface area (Å²) in [4.78, 5) is 0. The topological polar surface area (TPSA) is 12.0 Å². The normalized spacial score (nSPS) is 27.3. The maximum absolute atomic E-state index is 14.0. The molecule has 0 amide bonds. The smallest absolute Gasteiger partial charge is 0.127 e. The molecular formula is C16H24FN. The summed E-state index contributed by atoms with van der Waals surface area (Å²) in [5.74, 6) is 0.719. The van der Waals surface area contributed by atoms with Gasteiger partial charge in [-0.3, -0.25) is 0 Å². The molecule has 2 heteroatoms. The summed E-state index contributed by atoms with van der Waals surface area (Å²) in [7, 11) is 0. The number of hydrogen-bond donors (Lipinski definition) is 1. The third-order valence-electron chi connectivity index (χ3n) is 4.23. The minimum absolute atomic E-state index is 0.0241. The zero-order chi connectivity index (χ0) is 13.2. The third kappa shape index (κ3) is 2.59. The summed E-state index contributed by atoms with van der Waals surface area (Å²) in [6.45, 7) is 7.41. The molecule has 0 aliphatic heterocycles. The maximum Gasteiger partial charge on any atom is 0.127 e. The average molecular weight is 249 g/mol. The minimum atomic E-state index is -0.0439. The van der Waals surface area contributed by atoms with Crippen molar-refractivity contribution < 1.29 is 4.39 Å². The lowest BCUT2D eigenvalue weighted by molar-refractivity contribution is 0.127. The van der Waals surface area contributed by atoms with Crippen molar-refractivity contribution in [1.29, 1.82) is 0 Å². The summed E-state index contributed by atoms with van der Waals surface area (Å²) in [6.07, 6.45) is 3.44. The molecule has 1 aliphatic rings. The highest BCUT2D eigenvalue weighted by atomic mass is 19.1. The molecule has 1 N–H and O–H groups in total. The third-order valence-corrected chi connectivity index (χ3v) is 4.23. The molecule has 1 aliphatic carbocycles. The van der Waals surface area contributed by atoms with Gasteiger partial charge in [0, 0.05) is 18.0 Å². The van der Waals surface area contributed by atoms with E-state index in [0.29, 0.717) is 6.04 Å². The summed E-state index contributed by atoms with van der Waals surface area (Å²) in [6, 6.07) is 7.73. The van der Waals surface area contributed by atoms with Crippen LogP contribution in [0.4, 0.5) is 4.39 Å². The summed E-state index contributed by atoms with van der Waals surface area (Å²) in [5, 5.41) is 3.49. The highest BCUT2D eigenvalue weighted by molar-refractivity contribution is 5.31. The molecule has 0 radical (unpaired) electrons. The van der Waals surface area contributed by atoms with E-state index in [-0.39, 0.29) is 11.2 Å². The van der Waals surface area contributed by atoms with Gasteiger partial charge in [-0.25, -0.2) is 4.39 Å². The molecule has 18 heavy (non-hydrogen) atoms. The van der Waals surface area contributed by atoms with Crippen molar-refractivity contribution in [1.82, 2.24) is 5.32 Å². The molecular weight excluding hydrogens is 225 g/mol. The first-order valence-corrected chi connectivity index (χ1v) is 7.06.